The van der Waals surface area contributed by atoms with Gasteiger partial charge in [-0.2, -0.15) is 0 Å². The first kappa shape index (κ1) is 20.7. The van der Waals surface area contributed by atoms with Crippen molar-refractivity contribution >= 4 is 23.6 Å². The Labute approximate surface area is 161 Å². The number of unbranched alkanes of at least 4 members (excludes halogenated alkanes) is 2. The van der Waals surface area contributed by atoms with E-state index >= 15 is 0 Å². The topological polar surface area (TPSA) is 80.5 Å². The monoisotopic (exact) mass is 373 g/mol. The lowest BCUT2D eigenvalue weighted by molar-refractivity contribution is 0.0528. The summed E-state index contributed by atoms with van der Waals surface area (Å²) in [5.41, 5.74) is 1.31. The Morgan fingerprint density at radius 2 is 2.07 bits per heavy atom. The van der Waals surface area contributed by atoms with E-state index in [0.717, 1.165) is 30.0 Å². The molecule has 0 radical (unpaired) electrons. The normalized spacial score (nSPS) is 11.9. The lowest BCUT2D eigenvalue weighted by Crippen LogP contribution is -2.33. The number of ether oxygens (including phenoxy) is 1. The Bertz CT molecular complexity index is 761. The number of amides is 1. The summed E-state index contributed by atoms with van der Waals surface area (Å²) in [5.74, 6) is 0.779. The summed E-state index contributed by atoms with van der Waals surface area (Å²) in [4.78, 5) is 16.0. The van der Waals surface area contributed by atoms with Crippen LogP contribution in [0, 0.1) is 0 Å². The molecule has 0 saturated carbocycles. The third-order valence-electron chi connectivity index (χ3n) is 3.73. The van der Waals surface area contributed by atoms with Crippen molar-refractivity contribution in [3.05, 3.63) is 30.1 Å². The number of imidazole rings is 1. The molecule has 2 heterocycles. The number of nitrogens with zero attached hydrogens (tertiary/aromatic N) is 3. The maximum atomic E-state index is 11.6. The maximum absolute atomic E-state index is 11.6. The van der Waals surface area contributed by atoms with E-state index in [1.807, 2.05) is 43.6 Å². The largest absolute Gasteiger partial charge is 0.444 e. The van der Waals surface area contributed by atoms with Crippen LogP contribution in [0.5, 0.6) is 0 Å². The Morgan fingerprint density at radius 3 is 2.81 bits per heavy atom. The highest BCUT2D eigenvalue weighted by atomic mass is 16.6. The first-order valence-electron chi connectivity index (χ1n) is 9.61. The van der Waals surface area contributed by atoms with Gasteiger partial charge in [-0.25, -0.2) is 14.3 Å². The van der Waals surface area contributed by atoms with Crippen LogP contribution in [-0.4, -0.2) is 39.4 Å². The van der Waals surface area contributed by atoms with E-state index in [4.69, 9.17) is 4.74 Å². The predicted octanol–water partition coefficient (Wildman–Crippen LogP) is 4.26. The average molecular weight is 374 g/mol. The second-order valence-corrected chi connectivity index (χ2v) is 7.43. The minimum Gasteiger partial charge on any atom is -0.444 e. The minimum absolute atomic E-state index is 0.389. The SMILES string of the molecule is CCCC/C=C/c1cnc2ccc(NCCCNC(=O)OC(C)(C)C)nn12. The third kappa shape index (κ3) is 7.29. The number of hydrogen-bond acceptors (Lipinski definition) is 5. The van der Waals surface area contributed by atoms with Crippen molar-refractivity contribution in [2.75, 3.05) is 18.4 Å². The highest BCUT2D eigenvalue weighted by Gasteiger charge is 2.15. The summed E-state index contributed by atoms with van der Waals surface area (Å²) in [7, 11) is 0. The van der Waals surface area contributed by atoms with Gasteiger partial charge in [-0.1, -0.05) is 25.8 Å². The van der Waals surface area contributed by atoms with Crippen LogP contribution < -0.4 is 10.6 Å². The number of rotatable bonds is 9. The van der Waals surface area contributed by atoms with Gasteiger partial charge in [0.25, 0.3) is 0 Å². The number of fused-ring (bicyclic) bond motifs is 1. The van der Waals surface area contributed by atoms with Gasteiger partial charge in [0.15, 0.2) is 5.65 Å². The van der Waals surface area contributed by atoms with Crippen LogP contribution in [0.25, 0.3) is 11.7 Å². The van der Waals surface area contributed by atoms with Crippen molar-refractivity contribution in [2.24, 2.45) is 0 Å². The Balaban J connectivity index is 1.81. The smallest absolute Gasteiger partial charge is 0.407 e. The molecule has 2 aromatic rings. The van der Waals surface area contributed by atoms with Gasteiger partial charge < -0.3 is 15.4 Å². The van der Waals surface area contributed by atoms with Crippen molar-refractivity contribution in [1.82, 2.24) is 19.9 Å². The van der Waals surface area contributed by atoms with Gasteiger partial charge in [0.2, 0.25) is 0 Å². The zero-order valence-electron chi connectivity index (χ0n) is 16.8. The molecule has 27 heavy (non-hydrogen) atoms. The molecule has 0 bridgehead atoms. The number of aromatic nitrogens is 3. The maximum Gasteiger partial charge on any atom is 0.407 e. The number of carbonyl (C=O) groups excluding carboxylic acids is 1. The molecule has 2 rings (SSSR count). The molecule has 0 unspecified atom stereocenters. The van der Waals surface area contributed by atoms with Crippen molar-refractivity contribution in [3.8, 4) is 0 Å². The van der Waals surface area contributed by atoms with Crippen LogP contribution in [0.2, 0.25) is 0 Å². The van der Waals surface area contributed by atoms with Gasteiger partial charge in [0.05, 0.1) is 11.9 Å². The first-order chi connectivity index (χ1) is 12.9. The van der Waals surface area contributed by atoms with Gasteiger partial charge in [-0.15, -0.1) is 5.10 Å². The van der Waals surface area contributed by atoms with Gasteiger partial charge in [-0.05, 0) is 51.8 Å². The van der Waals surface area contributed by atoms with E-state index < -0.39 is 5.60 Å². The summed E-state index contributed by atoms with van der Waals surface area (Å²) in [6.07, 6.45) is 9.88. The third-order valence-corrected chi connectivity index (χ3v) is 3.73. The molecule has 0 aliphatic carbocycles. The van der Waals surface area contributed by atoms with Crippen LogP contribution in [0.15, 0.2) is 24.4 Å². The molecular weight excluding hydrogens is 342 g/mol. The first-order valence-corrected chi connectivity index (χ1v) is 9.61. The summed E-state index contributed by atoms with van der Waals surface area (Å²) >= 11 is 0. The predicted molar refractivity (Wildman–Crippen MR) is 109 cm³/mol. The van der Waals surface area contributed by atoms with Crippen molar-refractivity contribution < 1.29 is 9.53 Å². The molecule has 0 aromatic carbocycles. The Morgan fingerprint density at radius 1 is 1.26 bits per heavy atom. The molecular formula is C20H31N5O2. The summed E-state index contributed by atoms with van der Waals surface area (Å²) in [6, 6.07) is 3.85. The van der Waals surface area contributed by atoms with Gasteiger partial charge in [0.1, 0.15) is 11.4 Å². The van der Waals surface area contributed by atoms with Crippen molar-refractivity contribution in [1.29, 1.82) is 0 Å². The Hall–Kier alpha value is -2.57. The number of hydrogen-bond donors (Lipinski definition) is 2. The molecule has 0 fully saturated rings. The van der Waals surface area contributed by atoms with E-state index in [1.54, 1.807) is 0 Å². The number of carbonyl (C=O) groups is 1. The molecule has 2 N–H and O–H groups in total. The molecule has 0 spiro atoms. The second kappa shape index (κ2) is 9.94. The molecule has 0 aliphatic rings. The molecule has 1 amide bonds. The number of nitrogens with one attached hydrogen (secondary N) is 2. The average Bonchev–Trinajstić information content (AvgIpc) is 2.99. The highest BCUT2D eigenvalue weighted by Crippen LogP contribution is 2.11. The van der Waals surface area contributed by atoms with E-state index in [2.05, 4.69) is 39.8 Å². The lowest BCUT2D eigenvalue weighted by Gasteiger charge is -2.19. The van der Waals surface area contributed by atoms with Crippen LogP contribution in [0.3, 0.4) is 0 Å². The Kier molecular flexibility index (Phi) is 7.64. The van der Waals surface area contributed by atoms with Gasteiger partial charge in [-0.3, -0.25) is 0 Å². The number of allylic oxidation sites excluding steroid dienone is 1. The number of anilines is 1. The molecule has 7 heteroatoms. The van der Waals surface area contributed by atoms with Gasteiger partial charge in [0, 0.05) is 13.1 Å². The van der Waals surface area contributed by atoms with Crippen LogP contribution in [-0.2, 0) is 4.74 Å². The van der Waals surface area contributed by atoms with Crippen LogP contribution in [0.1, 0.15) is 59.1 Å². The van der Waals surface area contributed by atoms with E-state index in [9.17, 15) is 4.79 Å². The zero-order chi connectivity index (χ0) is 19.7. The molecule has 7 nitrogen and oxygen atoms in total. The fraction of sp³-hybridized carbons (Fsp3) is 0.550. The van der Waals surface area contributed by atoms with Gasteiger partial charge >= 0.3 is 6.09 Å². The van der Waals surface area contributed by atoms with E-state index in [1.165, 1.54) is 12.8 Å². The van der Waals surface area contributed by atoms with Crippen molar-refractivity contribution in [3.63, 3.8) is 0 Å². The summed E-state index contributed by atoms with van der Waals surface area (Å²) < 4.78 is 7.04. The van der Waals surface area contributed by atoms with Crippen molar-refractivity contribution in [2.45, 2.75) is 59.0 Å². The molecule has 0 atom stereocenters. The highest BCUT2D eigenvalue weighted by molar-refractivity contribution is 5.67. The molecule has 0 saturated heterocycles. The molecule has 148 valence electrons. The van der Waals surface area contributed by atoms with E-state index in [0.29, 0.717) is 13.1 Å². The van der Waals surface area contributed by atoms with Crippen LogP contribution >= 0.6 is 0 Å². The van der Waals surface area contributed by atoms with E-state index in [-0.39, 0.29) is 6.09 Å². The second-order valence-electron chi connectivity index (χ2n) is 7.43. The molecule has 2 aromatic heterocycles. The quantitative estimate of drug-likeness (QED) is 0.642. The minimum atomic E-state index is -0.477. The van der Waals surface area contributed by atoms with Crippen LogP contribution in [0.4, 0.5) is 10.6 Å². The standard InChI is InChI=1S/C20H31N5O2/c1-5-6-7-8-10-16-15-23-18-12-11-17(24-25(16)18)21-13-9-14-22-19(26)27-20(2,3)4/h8,10-12,15H,5-7,9,13-14H2,1-4H3,(H,21,24)(H,22,26)/b10-8+. The lowest BCUT2D eigenvalue weighted by atomic mass is 10.2. The zero-order valence-corrected chi connectivity index (χ0v) is 16.8. The number of alkyl carbamates (subject to hydrolysis) is 1. The molecule has 0 aliphatic heterocycles. The fourth-order valence-corrected chi connectivity index (χ4v) is 2.43. The summed E-state index contributed by atoms with van der Waals surface area (Å²) in [5, 5.41) is 10.6. The fourth-order valence-electron chi connectivity index (χ4n) is 2.43. The summed E-state index contributed by atoms with van der Waals surface area (Å²) in [6.45, 7) is 8.97.